The van der Waals surface area contributed by atoms with Crippen molar-refractivity contribution in [3.63, 3.8) is 0 Å². The Labute approximate surface area is 298 Å². The fourth-order valence-electron chi connectivity index (χ4n) is 4.34. The monoisotopic (exact) mass is 821 g/mol. The highest BCUT2D eigenvalue weighted by Gasteiger charge is 2.50. The number of hydrogen-bond donors (Lipinski definition) is 9. The summed E-state index contributed by atoms with van der Waals surface area (Å²) >= 11 is 0.952. The first kappa shape index (κ1) is 43.7. The maximum Gasteiger partial charge on any atom is 0.481 e. The van der Waals surface area contributed by atoms with Crippen molar-refractivity contribution in [1.82, 2.24) is 30.2 Å². The topological polar surface area (TPSA) is 364 Å². The van der Waals surface area contributed by atoms with E-state index in [1.807, 2.05) is 0 Å². The molecule has 28 heteroatoms. The number of carbonyl (C=O) groups is 3. The van der Waals surface area contributed by atoms with Crippen LogP contribution in [0.3, 0.4) is 0 Å². The van der Waals surface area contributed by atoms with Crippen LogP contribution in [0.5, 0.6) is 0 Å². The second-order valence-corrected chi connectivity index (χ2v) is 16.8. The van der Waals surface area contributed by atoms with E-state index in [0.717, 1.165) is 35.1 Å². The summed E-state index contributed by atoms with van der Waals surface area (Å²) in [6.07, 6.45) is -5.79. The molecule has 3 rings (SSSR count). The van der Waals surface area contributed by atoms with Crippen LogP contribution in [0, 0.1) is 5.41 Å². The zero-order chi connectivity index (χ0) is 39.1. The fourth-order valence-corrected chi connectivity index (χ4v) is 7.69. The molecule has 7 atom stereocenters. The lowest BCUT2D eigenvalue weighted by molar-refractivity contribution is -0.137. The summed E-state index contributed by atoms with van der Waals surface area (Å²) in [7, 11) is -16.4. The summed E-state index contributed by atoms with van der Waals surface area (Å²) in [4.78, 5) is 86.3. The van der Waals surface area contributed by atoms with Gasteiger partial charge in [0.1, 0.15) is 36.3 Å². The van der Waals surface area contributed by atoms with E-state index >= 15 is 0 Å². The molecule has 0 aromatic carbocycles. The highest BCUT2D eigenvalue weighted by Crippen LogP contribution is 2.61. The minimum absolute atomic E-state index is 0.0290. The maximum atomic E-state index is 12.6. The molecule has 1 aliphatic heterocycles. The summed E-state index contributed by atoms with van der Waals surface area (Å²) in [6.45, 7) is 3.77. The molecule has 0 spiro atoms. The van der Waals surface area contributed by atoms with Crippen molar-refractivity contribution in [1.29, 1.82) is 0 Å². The van der Waals surface area contributed by atoms with Crippen LogP contribution in [0.15, 0.2) is 25.3 Å². The SMILES string of the molecule is C=CC(=O)SCCNC(=O)CCNC(=O)[C@@H](O)C(C)(C)COP(=O)(O)OP(=O)(O)OC[C@H]1O[C@@H](n2cnc3c(N)ncnc32)[C@H](O)[C@@H]1OP(=O)(O)O. The Morgan fingerprint density at radius 3 is 2.44 bits per heavy atom. The molecule has 2 aromatic heterocycles. The van der Waals surface area contributed by atoms with E-state index in [1.54, 1.807) is 0 Å². The molecule has 0 aliphatic carbocycles. The Morgan fingerprint density at radius 1 is 1.12 bits per heavy atom. The lowest BCUT2D eigenvalue weighted by Gasteiger charge is -2.30. The third kappa shape index (κ3) is 12.7. The molecule has 52 heavy (non-hydrogen) atoms. The van der Waals surface area contributed by atoms with Gasteiger partial charge in [-0.2, -0.15) is 4.31 Å². The summed E-state index contributed by atoms with van der Waals surface area (Å²) < 4.78 is 61.9. The number of aliphatic hydroxyl groups excluding tert-OH is 2. The number of nitrogens with one attached hydrogen (secondary N) is 2. The lowest BCUT2D eigenvalue weighted by Crippen LogP contribution is -2.46. The van der Waals surface area contributed by atoms with Crippen LogP contribution in [0.2, 0.25) is 0 Å². The number of amides is 2. The highest BCUT2D eigenvalue weighted by atomic mass is 32.2. The highest BCUT2D eigenvalue weighted by molar-refractivity contribution is 8.14. The van der Waals surface area contributed by atoms with E-state index in [-0.39, 0.29) is 41.6 Å². The van der Waals surface area contributed by atoms with Gasteiger partial charge in [0.15, 0.2) is 17.7 Å². The van der Waals surface area contributed by atoms with Crippen molar-refractivity contribution in [3.8, 4) is 0 Å². The predicted molar refractivity (Wildman–Crippen MR) is 177 cm³/mol. The van der Waals surface area contributed by atoms with Crippen molar-refractivity contribution in [2.45, 2.75) is 50.9 Å². The van der Waals surface area contributed by atoms with Crippen LogP contribution in [-0.2, 0) is 50.7 Å². The molecule has 2 aromatic rings. The van der Waals surface area contributed by atoms with Gasteiger partial charge in [0.05, 0.1) is 19.5 Å². The van der Waals surface area contributed by atoms with Crippen LogP contribution in [0.25, 0.3) is 11.2 Å². The van der Waals surface area contributed by atoms with Crippen molar-refractivity contribution >= 4 is 69.1 Å². The number of anilines is 1. The van der Waals surface area contributed by atoms with Gasteiger partial charge in [-0.05, 0) is 6.08 Å². The predicted octanol–water partition coefficient (Wildman–Crippen LogP) is -1.15. The van der Waals surface area contributed by atoms with Crippen LogP contribution < -0.4 is 16.4 Å². The number of aliphatic hydroxyl groups is 2. The first-order valence-electron chi connectivity index (χ1n) is 14.7. The summed E-state index contributed by atoms with van der Waals surface area (Å²) in [5.74, 6) is -1.18. The molecule has 10 N–H and O–H groups in total. The molecule has 1 fully saturated rings. The van der Waals surface area contributed by atoms with Crippen molar-refractivity contribution in [2.24, 2.45) is 5.41 Å². The third-order valence-corrected chi connectivity index (χ3v) is 10.9. The van der Waals surface area contributed by atoms with Gasteiger partial charge in [0.25, 0.3) is 0 Å². The molecule has 2 amide bonds. The minimum atomic E-state index is -5.56. The number of hydrogen-bond acceptors (Lipinski definition) is 18. The zero-order valence-corrected chi connectivity index (χ0v) is 30.9. The average Bonchev–Trinajstić information content (AvgIpc) is 3.60. The fraction of sp³-hybridized carbons (Fsp3) is 0.583. The summed E-state index contributed by atoms with van der Waals surface area (Å²) in [5.41, 5.74) is 4.25. The van der Waals surface area contributed by atoms with Crippen LogP contribution in [0.4, 0.5) is 5.82 Å². The van der Waals surface area contributed by atoms with Gasteiger partial charge in [-0.25, -0.2) is 28.6 Å². The quantitative estimate of drug-likeness (QED) is 0.0432. The minimum Gasteiger partial charge on any atom is -0.386 e. The van der Waals surface area contributed by atoms with Crippen LogP contribution in [-0.4, -0.2) is 123 Å². The standard InChI is InChI=1S/C24H38N7O17P3S/c1-4-15(33)52-8-7-26-14(32)5-6-27-22(36)19(35)24(2,3)10-45-51(42,43)48-50(40,41)44-9-13-18(47-49(37,38)39)17(34)23(46-13)31-12-30-16-20(25)28-11-29-21(16)31/h4,11-13,17-19,23,34-35H,1,5-10H2,2-3H3,(H,26,32)(H,27,36)(H,40,41)(H,42,43)(H2,25,28,29)(H2,37,38,39)/t13-,17-,18-,19-,23-/m1/s1. The van der Waals surface area contributed by atoms with Crippen LogP contribution in [0.1, 0.15) is 26.5 Å². The Kier molecular flexibility index (Phi) is 15.2. The molecule has 1 aliphatic rings. The molecule has 3 heterocycles. The van der Waals surface area contributed by atoms with E-state index < -0.39 is 84.6 Å². The Balaban J connectivity index is 1.54. The molecule has 292 valence electrons. The Hall–Kier alpha value is -2.70. The van der Waals surface area contributed by atoms with Gasteiger partial charge in [-0.1, -0.05) is 32.2 Å². The number of nitrogen functional groups attached to an aromatic ring is 1. The van der Waals surface area contributed by atoms with Gasteiger partial charge in [-0.3, -0.25) is 32.5 Å². The normalized spacial score (nSPS) is 22.3. The van der Waals surface area contributed by atoms with E-state index in [1.165, 1.54) is 13.8 Å². The number of nitrogens with two attached hydrogens (primary N) is 1. The third-order valence-electron chi connectivity index (χ3n) is 6.91. The number of imidazole rings is 1. The van der Waals surface area contributed by atoms with Gasteiger partial charge in [0, 0.05) is 30.7 Å². The van der Waals surface area contributed by atoms with Crippen molar-refractivity contribution in [2.75, 3.05) is 37.8 Å². The van der Waals surface area contributed by atoms with Crippen molar-refractivity contribution < 1.29 is 80.5 Å². The van der Waals surface area contributed by atoms with E-state index in [4.69, 9.17) is 19.5 Å². The molecular weight excluding hydrogens is 783 g/mol. The molecular formula is C24H38N7O17P3S. The molecule has 0 radical (unpaired) electrons. The summed E-state index contributed by atoms with van der Waals surface area (Å²) in [6, 6.07) is 0. The number of carbonyl (C=O) groups excluding carboxylic acids is 3. The number of phosphoric ester groups is 3. The van der Waals surface area contributed by atoms with Gasteiger partial charge < -0.3 is 50.9 Å². The van der Waals surface area contributed by atoms with E-state index in [0.29, 0.717) is 5.75 Å². The number of rotatable bonds is 20. The molecule has 0 saturated carbocycles. The second-order valence-electron chi connectivity index (χ2n) is 11.4. The molecule has 24 nitrogen and oxygen atoms in total. The number of ether oxygens (including phenoxy) is 1. The number of phosphoric acid groups is 3. The summed E-state index contributed by atoms with van der Waals surface area (Å²) in [5, 5.41) is 25.9. The van der Waals surface area contributed by atoms with E-state index in [9.17, 15) is 57.9 Å². The van der Waals surface area contributed by atoms with Crippen molar-refractivity contribution in [3.05, 3.63) is 25.3 Å². The average molecular weight is 822 g/mol. The molecule has 0 bridgehead atoms. The van der Waals surface area contributed by atoms with Crippen LogP contribution >= 0.6 is 35.2 Å². The Bertz CT molecular complexity index is 1760. The Morgan fingerprint density at radius 2 is 1.79 bits per heavy atom. The number of fused-ring (bicyclic) bond motifs is 1. The smallest absolute Gasteiger partial charge is 0.386 e. The first-order chi connectivity index (χ1) is 24.1. The van der Waals surface area contributed by atoms with Gasteiger partial charge >= 0.3 is 23.5 Å². The molecule has 2 unspecified atom stereocenters. The second kappa shape index (κ2) is 18.1. The maximum absolute atomic E-state index is 12.6. The van der Waals surface area contributed by atoms with Gasteiger partial charge in [-0.15, -0.1) is 0 Å². The number of nitrogens with zero attached hydrogens (tertiary/aromatic N) is 4. The zero-order valence-electron chi connectivity index (χ0n) is 27.4. The lowest BCUT2D eigenvalue weighted by atomic mass is 9.87. The molecule has 1 saturated heterocycles. The number of thioether (sulfide) groups is 1. The van der Waals surface area contributed by atoms with Gasteiger partial charge in [0.2, 0.25) is 16.9 Å². The van der Waals surface area contributed by atoms with E-state index in [2.05, 4.69) is 41.0 Å². The number of aromatic nitrogens is 4. The largest absolute Gasteiger partial charge is 0.481 e. The first-order valence-corrected chi connectivity index (χ1v) is 20.2.